The van der Waals surface area contributed by atoms with E-state index in [-0.39, 0.29) is 32.2 Å². The van der Waals surface area contributed by atoms with E-state index in [0.29, 0.717) is 15.6 Å². The number of rotatable bonds is 4. The molecule has 5 nitrogen and oxygen atoms in total. The molecule has 2 fully saturated rings. The lowest BCUT2D eigenvalue weighted by Crippen LogP contribution is -2.55. The second-order valence-corrected chi connectivity index (χ2v) is 13.2. The number of hydrazine groups is 1. The number of nitrogens with zero attached hydrogens (tertiary/aromatic N) is 2. The maximum atomic E-state index is 13.9. The number of hydrogen-bond acceptors (Lipinski definition) is 3. The van der Waals surface area contributed by atoms with Crippen molar-refractivity contribution in [3.05, 3.63) is 78.7 Å². The number of carbonyl (C=O) groups excluding carboxylic acids is 3. The quantitative estimate of drug-likeness (QED) is 0.246. The van der Waals surface area contributed by atoms with E-state index in [0.717, 1.165) is 5.01 Å². The summed E-state index contributed by atoms with van der Waals surface area (Å²) in [5.74, 6) is -5.42. The Balaban J connectivity index is 1.64. The highest BCUT2D eigenvalue weighted by molar-refractivity contribution is 6.66. The van der Waals surface area contributed by atoms with Crippen LogP contribution in [0.15, 0.2) is 52.5 Å². The monoisotopic (exact) mass is 678 g/mol. The molecule has 1 aliphatic heterocycles. The molecule has 1 saturated heterocycles. The van der Waals surface area contributed by atoms with Crippen LogP contribution >= 0.6 is 104 Å². The Morgan fingerprint density at radius 2 is 1.35 bits per heavy atom. The summed E-state index contributed by atoms with van der Waals surface area (Å²) < 4.78 is -2.11. The summed E-state index contributed by atoms with van der Waals surface area (Å²) in [6.45, 7) is -0.316. The van der Waals surface area contributed by atoms with Crippen LogP contribution in [0.5, 0.6) is 0 Å². The summed E-state index contributed by atoms with van der Waals surface area (Å²) >= 11 is 58.1. The van der Waals surface area contributed by atoms with Crippen LogP contribution in [0.25, 0.3) is 0 Å². The topological polar surface area (TPSA) is 57.7 Å². The fourth-order valence-corrected chi connectivity index (χ4v) is 8.65. The highest BCUT2D eigenvalue weighted by atomic mass is 35.5. The summed E-state index contributed by atoms with van der Waals surface area (Å²) in [6, 6.07) is 10.7. The number of halogens is 9. The van der Waals surface area contributed by atoms with E-state index in [2.05, 4.69) is 0 Å². The lowest BCUT2D eigenvalue weighted by atomic mass is 9.84. The zero-order chi connectivity index (χ0) is 27.2. The van der Waals surface area contributed by atoms with Crippen molar-refractivity contribution >= 4 is 122 Å². The predicted octanol–water partition coefficient (Wildman–Crippen LogP) is 7.65. The van der Waals surface area contributed by atoms with E-state index >= 15 is 0 Å². The first kappa shape index (κ1) is 27.9. The highest BCUT2D eigenvalue weighted by Gasteiger charge is 2.88. The van der Waals surface area contributed by atoms with E-state index in [1.54, 1.807) is 24.3 Å². The Kier molecular flexibility index (Phi) is 6.97. The Labute approximate surface area is 255 Å². The van der Waals surface area contributed by atoms with Crippen molar-refractivity contribution in [3.63, 3.8) is 0 Å². The van der Waals surface area contributed by atoms with Gasteiger partial charge in [-0.3, -0.25) is 14.4 Å². The lowest BCUT2D eigenvalue weighted by Gasteiger charge is -2.37. The minimum atomic E-state index is -2.11. The van der Waals surface area contributed by atoms with Crippen molar-refractivity contribution in [2.45, 2.75) is 20.6 Å². The SMILES string of the molecule is O=C(c1ccccc1Cl)N(Cc1ccc(Cl)cc1Cl)N1C(=O)[C@@H]2[C@H](C1=O)[C@@]1(Cl)C(Cl)=C(Cl)[C@@]2(Cl)C1(Cl)Cl. The number of imide groups is 1. The summed E-state index contributed by atoms with van der Waals surface area (Å²) in [7, 11) is 0. The molecule has 2 aromatic rings. The van der Waals surface area contributed by atoms with Gasteiger partial charge in [0.25, 0.3) is 17.7 Å². The number of fused-ring (bicyclic) bond motifs is 5. The summed E-state index contributed by atoms with van der Waals surface area (Å²) in [5, 5.41) is 1.71. The van der Waals surface area contributed by atoms with Crippen LogP contribution in [0, 0.1) is 11.8 Å². The van der Waals surface area contributed by atoms with Crippen LogP contribution in [0.2, 0.25) is 15.1 Å². The van der Waals surface area contributed by atoms with Crippen molar-refractivity contribution < 1.29 is 14.4 Å². The Morgan fingerprint density at radius 1 is 0.811 bits per heavy atom. The summed E-state index contributed by atoms with van der Waals surface area (Å²) in [6.07, 6.45) is 0. The maximum absolute atomic E-state index is 13.9. The molecule has 4 atom stereocenters. The number of amides is 3. The van der Waals surface area contributed by atoms with E-state index in [9.17, 15) is 14.4 Å². The second kappa shape index (κ2) is 9.22. The van der Waals surface area contributed by atoms with Crippen LogP contribution in [0.1, 0.15) is 15.9 Å². The molecule has 194 valence electrons. The van der Waals surface area contributed by atoms with Gasteiger partial charge in [0.05, 0.1) is 39.0 Å². The molecule has 2 aliphatic carbocycles. The van der Waals surface area contributed by atoms with Gasteiger partial charge in [-0.15, -0.1) is 23.2 Å². The summed E-state index contributed by atoms with van der Waals surface area (Å²) in [4.78, 5) is 37.5. The number of carbonyl (C=O) groups is 3. The smallest absolute Gasteiger partial charge is 0.272 e. The van der Waals surface area contributed by atoms with Crippen molar-refractivity contribution in [3.8, 4) is 0 Å². The minimum Gasteiger partial charge on any atom is -0.272 e. The van der Waals surface area contributed by atoms with Crippen molar-refractivity contribution in [1.29, 1.82) is 0 Å². The number of hydrogen-bond donors (Lipinski definition) is 0. The van der Waals surface area contributed by atoms with Gasteiger partial charge in [-0.1, -0.05) is 99.4 Å². The van der Waals surface area contributed by atoms with Crippen LogP contribution in [-0.4, -0.2) is 41.8 Å². The highest BCUT2D eigenvalue weighted by Crippen LogP contribution is 2.77. The number of allylic oxidation sites excluding steroid dienone is 2. The van der Waals surface area contributed by atoms with Crippen LogP contribution in [0.3, 0.4) is 0 Å². The molecular formula is C23H11Cl9N2O3. The van der Waals surface area contributed by atoms with Crippen molar-refractivity contribution in [1.82, 2.24) is 10.0 Å². The zero-order valence-corrected chi connectivity index (χ0v) is 24.7. The standard InChI is InChI=1S/C23H11Cl9N2O3/c24-10-6-5-9(13(26)7-10)8-33(18(35)11-3-1-2-4-12(11)25)34-19(36)14-15(20(34)37)22(30)17(28)16(27)21(14,29)23(22,31)32/h1-7,14-15H,8H2/t14-,15+,21-,22-/m1/s1. The zero-order valence-electron chi connectivity index (χ0n) is 17.9. The first-order valence-corrected chi connectivity index (χ1v) is 13.8. The van der Waals surface area contributed by atoms with Gasteiger partial charge in [0.2, 0.25) is 0 Å². The van der Waals surface area contributed by atoms with Gasteiger partial charge in [-0.05, 0) is 29.8 Å². The van der Waals surface area contributed by atoms with Gasteiger partial charge in [-0.2, -0.15) is 5.01 Å². The maximum Gasteiger partial charge on any atom is 0.274 e. The fraction of sp³-hybridized carbons (Fsp3) is 0.261. The third-order valence-electron chi connectivity index (χ3n) is 6.80. The normalized spacial score (nSPS) is 29.8. The molecule has 0 N–H and O–H groups in total. The molecule has 0 spiro atoms. The fourth-order valence-electron chi connectivity index (χ4n) is 5.04. The van der Waals surface area contributed by atoms with Gasteiger partial charge < -0.3 is 0 Å². The summed E-state index contributed by atoms with van der Waals surface area (Å²) in [5.41, 5.74) is 0.403. The largest absolute Gasteiger partial charge is 0.274 e. The third-order valence-corrected chi connectivity index (χ3v) is 12.0. The molecule has 1 saturated carbocycles. The molecular weight excluding hydrogens is 671 g/mol. The molecule has 3 aliphatic rings. The van der Waals surface area contributed by atoms with Crippen LogP contribution in [-0.2, 0) is 16.1 Å². The van der Waals surface area contributed by atoms with Crippen LogP contribution < -0.4 is 0 Å². The first-order valence-electron chi connectivity index (χ1n) is 10.4. The molecule has 3 amide bonds. The van der Waals surface area contributed by atoms with Gasteiger partial charge in [0.15, 0.2) is 4.33 Å². The minimum absolute atomic E-state index is 0.0225. The third kappa shape index (κ3) is 3.55. The van der Waals surface area contributed by atoms with Crippen molar-refractivity contribution in [2.75, 3.05) is 0 Å². The molecule has 2 bridgehead atoms. The number of benzene rings is 2. The Bertz CT molecular complexity index is 1380. The van der Waals surface area contributed by atoms with E-state index in [1.807, 2.05) is 0 Å². The average molecular weight is 682 g/mol. The van der Waals surface area contributed by atoms with E-state index in [4.69, 9.17) is 104 Å². The average Bonchev–Trinajstić information content (AvgIpc) is 3.22. The van der Waals surface area contributed by atoms with Crippen molar-refractivity contribution in [2.24, 2.45) is 11.8 Å². The van der Waals surface area contributed by atoms with E-state index in [1.165, 1.54) is 18.2 Å². The Hall–Kier alpha value is -0.600. The van der Waals surface area contributed by atoms with Gasteiger partial charge in [0, 0.05) is 10.0 Å². The van der Waals surface area contributed by atoms with Crippen LogP contribution in [0.4, 0.5) is 0 Å². The predicted molar refractivity (Wildman–Crippen MR) is 147 cm³/mol. The molecule has 0 radical (unpaired) electrons. The van der Waals surface area contributed by atoms with Gasteiger partial charge >= 0.3 is 0 Å². The molecule has 0 aromatic heterocycles. The first-order chi connectivity index (χ1) is 17.2. The molecule has 0 unspecified atom stereocenters. The second-order valence-electron chi connectivity index (χ2n) is 8.65. The number of alkyl halides is 4. The van der Waals surface area contributed by atoms with E-state index < -0.39 is 43.6 Å². The lowest BCUT2D eigenvalue weighted by molar-refractivity contribution is -0.156. The Morgan fingerprint density at radius 3 is 1.86 bits per heavy atom. The molecule has 14 heteroatoms. The molecule has 1 heterocycles. The van der Waals surface area contributed by atoms with Gasteiger partial charge in [0.1, 0.15) is 9.75 Å². The molecule has 2 aromatic carbocycles. The molecule has 5 rings (SSSR count). The van der Waals surface area contributed by atoms with Gasteiger partial charge in [-0.25, -0.2) is 5.01 Å². The molecule has 37 heavy (non-hydrogen) atoms.